The number of hydrogen-bond donors (Lipinski definition) is 2. The lowest BCUT2D eigenvalue weighted by molar-refractivity contribution is 0.0691. The number of aromatic carboxylic acids is 1. The Morgan fingerprint density at radius 3 is 2.81 bits per heavy atom. The summed E-state index contributed by atoms with van der Waals surface area (Å²) in [5.74, 6) is -1.06. The molecule has 1 rings (SSSR count). The first-order valence-electron chi connectivity index (χ1n) is 6.70. The van der Waals surface area contributed by atoms with E-state index >= 15 is 0 Å². The number of aromatic nitrogens is 1. The topological polar surface area (TPSA) is 91.8 Å². The molecule has 1 aromatic heterocycles. The molecule has 1 aromatic rings. The number of carboxylic acid groups (broad SMARTS) is 1. The number of methoxy groups -OCH3 is 1. The maximum absolute atomic E-state index is 12.2. The number of urea groups is 1. The number of nitrogens with one attached hydrogen (secondary N) is 1. The van der Waals surface area contributed by atoms with Gasteiger partial charge in [0.05, 0.1) is 13.2 Å². The second-order valence-corrected chi connectivity index (χ2v) is 5.48. The van der Waals surface area contributed by atoms with Gasteiger partial charge in [-0.1, -0.05) is 6.92 Å². The van der Waals surface area contributed by atoms with Crippen molar-refractivity contribution in [3.8, 4) is 0 Å². The number of hydrogen-bond acceptors (Lipinski definition) is 5. The van der Waals surface area contributed by atoms with Crippen LogP contribution in [0, 0.1) is 0 Å². The third-order valence-corrected chi connectivity index (χ3v) is 3.93. The molecule has 1 heterocycles. The van der Waals surface area contributed by atoms with Gasteiger partial charge in [0.1, 0.15) is 5.01 Å². The van der Waals surface area contributed by atoms with Crippen molar-refractivity contribution in [2.24, 2.45) is 0 Å². The van der Waals surface area contributed by atoms with Crippen molar-refractivity contribution in [2.75, 3.05) is 20.3 Å². The van der Waals surface area contributed by atoms with Crippen molar-refractivity contribution in [3.05, 3.63) is 16.1 Å². The Hall–Kier alpha value is -1.67. The van der Waals surface area contributed by atoms with E-state index in [2.05, 4.69) is 10.3 Å². The highest BCUT2D eigenvalue weighted by Gasteiger charge is 2.18. The standard InChI is InChI=1S/C13H21N3O4S/c1-4-9(2)16(5-6-20-3)13(19)14-7-11-15-10(8-21-11)12(17)18/h8-9H,4-7H2,1-3H3,(H,14,19)(H,17,18). The SMILES string of the molecule is CCC(C)N(CCOC)C(=O)NCc1nc(C(=O)O)cs1. The second-order valence-electron chi connectivity index (χ2n) is 4.53. The third-order valence-electron chi connectivity index (χ3n) is 3.08. The van der Waals surface area contributed by atoms with Crippen LogP contribution < -0.4 is 5.32 Å². The highest BCUT2D eigenvalue weighted by Crippen LogP contribution is 2.10. The van der Waals surface area contributed by atoms with Crippen molar-refractivity contribution in [1.29, 1.82) is 0 Å². The first-order chi connectivity index (χ1) is 9.99. The molecule has 2 amide bonds. The van der Waals surface area contributed by atoms with Crippen LogP contribution in [0.3, 0.4) is 0 Å². The van der Waals surface area contributed by atoms with Gasteiger partial charge in [0, 0.05) is 25.1 Å². The number of amides is 2. The summed E-state index contributed by atoms with van der Waals surface area (Å²) in [7, 11) is 1.59. The summed E-state index contributed by atoms with van der Waals surface area (Å²) in [6.07, 6.45) is 0.845. The van der Waals surface area contributed by atoms with Crippen LogP contribution in [0.25, 0.3) is 0 Å². The average Bonchev–Trinajstić information content (AvgIpc) is 2.94. The van der Waals surface area contributed by atoms with Gasteiger partial charge in [-0.3, -0.25) is 0 Å². The summed E-state index contributed by atoms with van der Waals surface area (Å²) >= 11 is 1.21. The van der Waals surface area contributed by atoms with Crippen LogP contribution in [0.5, 0.6) is 0 Å². The lowest BCUT2D eigenvalue weighted by atomic mass is 10.2. The van der Waals surface area contributed by atoms with Gasteiger partial charge in [0.25, 0.3) is 0 Å². The molecule has 0 spiro atoms. The number of nitrogens with zero attached hydrogens (tertiary/aromatic N) is 2. The largest absolute Gasteiger partial charge is 0.476 e. The van der Waals surface area contributed by atoms with E-state index in [1.54, 1.807) is 12.0 Å². The van der Waals surface area contributed by atoms with E-state index in [9.17, 15) is 9.59 Å². The van der Waals surface area contributed by atoms with Crippen molar-refractivity contribution >= 4 is 23.3 Å². The number of carbonyl (C=O) groups is 2. The fourth-order valence-electron chi connectivity index (χ4n) is 1.68. The molecule has 0 radical (unpaired) electrons. The molecule has 0 aliphatic carbocycles. The zero-order valence-corrected chi connectivity index (χ0v) is 13.3. The number of ether oxygens (including phenoxy) is 1. The summed E-state index contributed by atoms with van der Waals surface area (Å²) < 4.78 is 5.01. The van der Waals surface area contributed by atoms with Crippen LogP contribution in [0.1, 0.15) is 35.8 Å². The summed E-state index contributed by atoms with van der Waals surface area (Å²) in [5.41, 5.74) is 0.00224. The molecule has 118 valence electrons. The van der Waals surface area contributed by atoms with E-state index in [-0.39, 0.29) is 24.3 Å². The van der Waals surface area contributed by atoms with Crippen molar-refractivity contribution < 1.29 is 19.4 Å². The second kappa shape index (κ2) is 8.58. The molecule has 0 saturated heterocycles. The Morgan fingerprint density at radius 2 is 2.29 bits per heavy atom. The van der Waals surface area contributed by atoms with Gasteiger partial charge in [0.2, 0.25) is 0 Å². The maximum atomic E-state index is 12.2. The van der Waals surface area contributed by atoms with Crippen LogP contribution in [0.15, 0.2) is 5.38 Å². The Balaban J connectivity index is 2.57. The summed E-state index contributed by atoms with van der Waals surface area (Å²) in [6, 6.07) is -0.0977. The van der Waals surface area contributed by atoms with Crippen LogP contribution in [0.2, 0.25) is 0 Å². The summed E-state index contributed by atoms with van der Waals surface area (Å²) in [6.45, 7) is 5.18. The molecule has 7 nitrogen and oxygen atoms in total. The van der Waals surface area contributed by atoms with Gasteiger partial charge in [-0.15, -0.1) is 11.3 Å². The lowest BCUT2D eigenvalue weighted by Crippen LogP contribution is -2.46. The number of rotatable bonds is 8. The fourth-order valence-corrected chi connectivity index (χ4v) is 2.38. The quantitative estimate of drug-likeness (QED) is 0.763. The first-order valence-corrected chi connectivity index (χ1v) is 7.58. The maximum Gasteiger partial charge on any atom is 0.355 e. The highest BCUT2D eigenvalue weighted by atomic mass is 32.1. The van der Waals surface area contributed by atoms with E-state index < -0.39 is 5.97 Å². The predicted molar refractivity (Wildman–Crippen MR) is 79.6 cm³/mol. The van der Waals surface area contributed by atoms with Gasteiger partial charge in [-0.25, -0.2) is 14.6 Å². The van der Waals surface area contributed by atoms with Gasteiger partial charge in [0.15, 0.2) is 5.69 Å². The Morgan fingerprint density at radius 1 is 1.57 bits per heavy atom. The highest BCUT2D eigenvalue weighted by molar-refractivity contribution is 7.09. The van der Waals surface area contributed by atoms with Crippen molar-refractivity contribution in [1.82, 2.24) is 15.2 Å². The van der Waals surface area contributed by atoms with Gasteiger partial charge >= 0.3 is 12.0 Å². The molecule has 0 saturated carbocycles. The predicted octanol–water partition coefficient (Wildman–Crippen LogP) is 1.80. The third kappa shape index (κ3) is 5.31. The molecule has 0 bridgehead atoms. The molecular formula is C13H21N3O4S. The van der Waals surface area contributed by atoms with E-state index in [4.69, 9.17) is 9.84 Å². The van der Waals surface area contributed by atoms with Crippen LogP contribution in [-0.4, -0.2) is 53.3 Å². The summed E-state index contributed by atoms with van der Waals surface area (Å²) in [5, 5.41) is 13.6. The van der Waals surface area contributed by atoms with Crippen LogP contribution >= 0.6 is 11.3 Å². The Bertz CT molecular complexity index is 478. The molecule has 0 fully saturated rings. The molecule has 1 atom stereocenters. The number of carbonyl (C=O) groups excluding carboxylic acids is 1. The van der Waals surface area contributed by atoms with Gasteiger partial charge < -0.3 is 20.1 Å². The Kier molecular flexibility index (Phi) is 7.10. The molecule has 21 heavy (non-hydrogen) atoms. The van der Waals surface area contributed by atoms with Crippen LogP contribution in [-0.2, 0) is 11.3 Å². The minimum Gasteiger partial charge on any atom is -0.476 e. The molecule has 0 aliphatic rings. The molecule has 1 unspecified atom stereocenters. The summed E-state index contributed by atoms with van der Waals surface area (Å²) in [4.78, 5) is 28.6. The first kappa shape index (κ1) is 17.4. The van der Waals surface area contributed by atoms with Crippen molar-refractivity contribution in [3.63, 3.8) is 0 Å². The van der Waals surface area contributed by atoms with Gasteiger partial charge in [-0.05, 0) is 13.3 Å². The van der Waals surface area contributed by atoms with E-state index in [0.29, 0.717) is 18.2 Å². The molecular weight excluding hydrogens is 294 g/mol. The minimum atomic E-state index is -1.06. The van der Waals surface area contributed by atoms with Crippen molar-refractivity contribution in [2.45, 2.75) is 32.9 Å². The van der Waals surface area contributed by atoms with E-state index in [0.717, 1.165) is 6.42 Å². The van der Waals surface area contributed by atoms with Crippen LogP contribution in [0.4, 0.5) is 4.79 Å². The normalized spacial score (nSPS) is 12.0. The fraction of sp³-hybridized carbons (Fsp3) is 0.615. The van der Waals surface area contributed by atoms with Gasteiger partial charge in [-0.2, -0.15) is 0 Å². The Labute approximate surface area is 127 Å². The lowest BCUT2D eigenvalue weighted by Gasteiger charge is -2.28. The van der Waals surface area contributed by atoms with E-state index in [1.165, 1.54) is 16.7 Å². The molecule has 8 heteroatoms. The number of carboxylic acids is 1. The zero-order chi connectivity index (χ0) is 15.8. The van der Waals surface area contributed by atoms with E-state index in [1.807, 2.05) is 13.8 Å². The average molecular weight is 315 g/mol. The number of thiazole rings is 1. The zero-order valence-electron chi connectivity index (χ0n) is 12.5. The monoisotopic (exact) mass is 315 g/mol. The minimum absolute atomic E-state index is 0.00224. The smallest absolute Gasteiger partial charge is 0.355 e. The molecule has 2 N–H and O–H groups in total. The molecule has 0 aliphatic heterocycles. The molecule has 0 aromatic carbocycles.